The van der Waals surface area contributed by atoms with Crippen LogP contribution in [0.2, 0.25) is 0 Å². The molecule has 1 fully saturated rings. The lowest BCUT2D eigenvalue weighted by Gasteiger charge is -2.21. The average Bonchev–Trinajstić information content (AvgIpc) is 3.01. The van der Waals surface area contributed by atoms with Gasteiger partial charge in [-0.3, -0.25) is 4.79 Å². The minimum atomic E-state index is -1.06. The molecule has 8 heteroatoms. The molecule has 0 aliphatic carbocycles. The molecule has 2 aliphatic heterocycles. The Morgan fingerprint density at radius 2 is 2.04 bits per heavy atom. The molecular formula is C20H25FN4O3. The number of nitrogens with zero attached hydrogens (tertiary/aromatic N) is 4. The van der Waals surface area contributed by atoms with Crippen LogP contribution in [0.5, 0.6) is 5.75 Å². The molecule has 0 saturated carbocycles. The van der Waals surface area contributed by atoms with Gasteiger partial charge in [-0.15, -0.1) is 0 Å². The Morgan fingerprint density at radius 1 is 1.25 bits per heavy atom. The summed E-state index contributed by atoms with van der Waals surface area (Å²) in [6.07, 6.45) is -0.386. The molecule has 1 unspecified atom stereocenters. The molecule has 2 aliphatic rings. The predicted octanol–water partition coefficient (Wildman–Crippen LogP) is 1.68. The second-order valence-corrected chi connectivity index (χ2v) is 7.30. The molecule has 3 heterocycles. The highest BCUT2D eigenvalue weighted by atomic mass is 19.1. The molecule has 28 heavy (non-hydrogen) atoms. The SMILES string of the molecule is COc1ccc(-n2nc(C(=O)N3CCN(C)CC(F)C3)c3c2CCOC3)cc1. The summed E-state index contributed by atoms with van der Waals surface area (Å²) in [5.74, 6) is 0.527. The molecule has 0 spiro atoms. The molecular weight excluding hydrogens is 363 g/mol. The van der Waals surface area contributed by atoms with Crippen LogP contribution in [-0.2, 0) is 17.8 Å². The standard InChI is InChI=1S/C20H25FN4O3/c1-23-8-9-24(12-14(21)11-23)20(26)19-17-13-28-10-7-18(17)25(22-19)15-3-5-16(27-2)6-4-15/h3-6,14H,7-13H2,1-2H3. The van der Waals surface area contributed by atoms with Gasteiger partial charge in [0.1, 0.15) is 11.9 Å². The molecule has 1 aromatic carbocycles. The summed E-state index contributed by atoms with van der Waals surface area (Å²) >= 11 is 0. The van der Waals surface area contributed by atoms with Crippen LogP contribution >= 0.6 is 0 Å². The summed E-state index contributed by atoms with van der Waals surface area (Å²) in [6, 6.07) is 7.55. The summed E-state index contributed by atoms with van der Waals surface area (Å²) in [5, 5.41) is 4.64. The van der Waals surface area contributed by atoms with Crippen LogP contribution in [0.15, 0.2) is 24.3 Å². The van der Waals surface area contributed by atoms with Crippen molar-refractivity contribution in [3.8, 4) is 11.4 Å². The van der Waals surface area contributed by atoms with Gasteiger partial charge in [0.25, 0.3) is 5.91 Å². The summed E-state index contributed by atoms with van der Waals surface area (Å²) in [5.41, 5.74) is 3.00. The van der Waals surface area contributed by atoms with Crippen molar-refractivity contribution in [1.82, 2.24) is 19.6 Å². The number of fused-ring (bicyclic) bond motifs is 1. The second kappa shape index (κ2) is 7.89. The quantitative estimate of drug-likeness (QED) is 0.801. The highest BCUT2D eigenvalue weighted by molar-refractivity contribution is 5.94. The number of methoxy groups -OCH3 is 1. The van der Waals surface area contributed by atoms with Crippen molar-refractivity contribution in [2.24, 2.45) is 0 Å². The zero-order chi connectivity index (χ0) is 19.7. The Kier molecular flexibility index (Phi) is 5.32. The zero-order valence-corrected chi connectivity index (χ0v) is 16.2. The number of ether oxygens (including phenoxy) is 2. The first-order valence-electron chi connectivity index (χ1n) is 9.51. The van der Waals surface area contributed by atoms with E-state index in [1.807, 2.05) is 36.2 Å². The van der Waals surface area contributed by atoms with Crippen molar-refractivity contribution < 1.29 is 18.7 Å². The number of amides is 1. The fourth-order valence-electron chi connectivity index (χ4n) is 3.79. The predicted molar refractivity (Wildman–Crippen MR) is 102 cm³/mol. The van der Waals surface area contributed by atoms with E-state index in [0.29, 0.717) is 45.0 Å². The topological polar surface area (TPSA) is 59.8 Å². The lowest BCUT2D eigenvalue weighted by Crippen LogP contribution is -2.37. The first-order valence-corrected chi connectivity index (χ1v) is 9.51. The maximum Gasteiger partial charge on any atom is 0.274 e. The van der Waals surface area contributed by atoms with E-state index in [1.54, 1.807) is 16.7 Å². The van der Waals surface area contributed by atoms with Gasteiger partial charge >= 0.3 is 0 Å². The molecule has 2 aromatic rings. The maximum atomic E-state index is 14.2. The third-order valence-electron chi connectivity index (χ3n) is 5.31. The number of benzene rings is 1. The lowest BCUT2D eigenvalue weighted by atomic mass is 10.1. The Balaban J connectivity index is 1.69. The Hall–Kier alpha value is -2.45. The van der Waals surface area contributed by atoms with Crippen LogP contribution in [-0.4, -0.2) is 78.6 Å². The van der Waals surface area contributed by atoms with Crippen LogP contribution in [0.3, 0.4) is 0 Å². The number of hydrogen-bond acceptors (Lipinski definition) is 5. The van der Waals surface area contributed by atoms with E-state index < -0.39 is 6.17 Å². The molecule has 0 bridgehead atoms. The van der Waals surface area contributed by atoms with Gasteiger partial charge in [-0.25, -0.2) is 9.07 Å². The van der Waals surface area contributed by atoms with Gasteiger partial charge in [-0.2, -0.15) is 5.10 Å². The number of aromatic nitrogens is 2. The van der Waals surface area contributed by atoms with Gasteiger partial charge in [0.05, 0.1) is 38.2 Å². The molecule has 150 valence electrons. The van der Waals surface area contributed by atoms with Crippen LogP contribution in [0.1, 0.15) is 21.7 Å². The van der Waals surface area contributed by atoms with Gasteiger partial charge in [0, 0.05) is 31.6 Å². The number of likely N-dealkylation sites (N-methyl/N-ethyl adjacent to an activating group) is 1. The largest absolute Gasteiger partial charge is 0.497 e. The zero-order valence-electron chi connectivity index (χ0n) is 16.2. The van der Waals surface area contributed by atoms with E-state index in [-0.39, 0.29) is 12.5 Å². The Labute approximate surface area is 163 Å². The van der Waals surface area contributed by atoms with E-state index in [4.69, 9.17) is 9.47 Å². The van der Waals surface area contributed by atoms with Crippen molar-refractivity contribution in [3.63, 3.8) is 0 Å². The minimum Gasteiger partial charge on any atom is -0.497 e. The van der Waals surface area contributed by atoms with Gasteiger partial charge in [-0.05, 0) is 31.3 Å². The summed E-state index contributed by atoms with van der Waals surface area (Å²) in [7, 11) is 3.49. The van der Waals surface area contributed by atoms with Crippen molar-refractivity contribution >= 4 is 5.91 Å². The number of hydrogen-bond donors (Lipinski definition) is 0. The molecule has 1 saturated heterocycles. The van der Waals surface area contributed by atoms with E-state index in [9.17, 15) is 9.18 Å². The molecule has 1 amide bonds. The van der Waals surface area contributed by atoms with E-state index in [1.165, 1.54) is 0 Å². The summed E-state index contributed by atoms with van der Waals surface area (Å²) in [6.45, 7) is 2.49. The van der Waals surface area contributed by atoms with Crippen molar-refractivity contribution in [3.05, 3.63) is 41.2 Å². The number of halogens is 1. The molecule has 0 N–H and O–H groups in total. The molecule has 1 aromatic heterocycles. The Bertz CT molecular complexity index is 852. The van der Waals surface area contributed by atoms with E-state index >= 15 is 0 Å². The highest BCUT2D eigenvalue weighted by Gasteiger charge is 2.31. The van der Waals surface area contributed by atoms with Crippen LogP contribution in [0, 0.1) is 0 Å². The van der Waals surface area contributed by atoms with Crippen molar-refractivity contribution in [2.45, 2.75) is 19.2 Å². The molecule has 0 radical (unpaired) electrons. The van der Waals surface area contributed by atoms with E-state index in [2.05, 4.69) is 5.10 Å². The maximum absolute atomic E-state index is 14.2. The summed E-state index contributed by atoms with van der Waals surface area (Å²) in [4.78, 5) is 16.7. The molecule has 4 rings (SSSR count). The van der Waals surface area contributed by atoms with Crippen LogP contribution in [0.25, 0.3) is 5.69 Å². The highest BCUT2D eigenvalue weighted by Crippen LogP contribution is 2.26. The van der Waals surface area contributed by atoms with Gasteiger partial charge in [-0.1, -0.05) is 0 Å². The summed E-state index contributed by atoms with van der Waals surface area (Å²) < 4.78 is 26.8. The average molecular weight is 388 g/mol. The van der Waals surface area contributed by atoms with Crippen molar-refractivity contribution in [2.75, 3.05) is 46.9 Å². The smallest absolute Gasteiger partial charge is 0.274 e. The normalized spacial score (nSPS) is 20.5. The fraction of sp³-hybridized carbons (Fsp3) is 0.500. The van der Waals surface area contributed by atoms with Gasteiger partial charge in [0.2, 0.25) is 0 Å². The third-order valence-corrected chi connectivity index (χ3v) is 5.31. The third kappa shape index (κ3) is 3.62. The number of carbonyl (C=O) groups is 1. The number of carbonyl (C=O) groups excluding carboxylic acids is 1. The molecule has 1 atom stereocenters. The second-order valence-electron chi connectivity index (χ2n) is 7.30. The monoisotopic (exact) mass is 388 g/mol. The lowest BCUT2D eigenvalue weighted by molar-refractivity contribution is 0.0714. The van der Waals surface area contributed by atoms with Crippen LogP contribution < -0.4 is 4.74 Å². The van der Waals surface area contributed by atoms with Gasteiger partial charge in [0.15, 0.2) is 5.69 Å². The first kappa shape index (κ1) is 18.9. The first-order chi connectivity index (χ1) is 13.6. The fourth-order valence-corrected chi connectivity index (χ4v) is 3.79. The van der Waals surface area contributed by atoms with Gasteiger partial charge < -0.3 is 19.3 Å². The minimum absolute atomic E-state index is 0.0915. The number of rotatable bonds is 3. The number of alkyl halides is 1. The molecule has 7 nitrogen and oxygen atoms in total. The van der Waals surface area contributed by atoms with Crippen LogP contribution in [0.4, 0.5) is 4.39 Å². The van der Waals surface area contributed by atoms with Crippen molar-refractivity contribution in [1.29, 1.82) is 0 Å². The Morgan fingerprint density at radius 3 is 2.79 bits per heavy atom. The van der Waals surface area contributed by atoms with E-state index in [0.717, 1.165) is 22.7 Å².